The minimum absolute atomic E-state index is 0.0391. The standard InChI is InChI=1S/C23H28O7Si/c1-12(24)30-17-10-14-18(20(26)13-6-5-7-16(25)19(13)21(14)27)15-8-9-22(2,31(3,4)29)11-23(15,17)28/h5-7,15,17,25,28-29H,8-11H2,1-4H3/t15-,17-,22-,23+/m0/s1. The summed E-state index contributed by atoms with van der Waals surface area (Å²) >= 11 is 0. The van der Waals surface area contributed by atoms with Crippen LogP contribution in [0.3, 0.4) is 0 Å². The largest absolute Gasteiger partial charge is 0.507 e. The summed E-state index contributed by atoms with van der Waals surface area (Å²) in [5.41, 5.74) is -1.03. The maximum atomic E-state index is 13.5. The highest BCUT2D eigenvalue weighted by molar-refractivity contribution is 6.73. The summed E-state index contributed by atoms with van der Waals surface area (Å²) in [7, 11) is -2.71. The van der Waals surface area contributed by atoms with E-state index in [2.05, 4.69) is 0 Å². The fourth-order valence-corrected chi connectivity index (χ4v) is 7.08. The molecule has 3 aliphatic carbocycles. The van der Waals surface area contributed by atoms with Crippen LogP contribution < -0.4 is 0 Å². The average molecular weight is 445 g/mol. The maximum Gasteiger partial charge on any atom is 0.303 e. The van der Waals surface area contributed by atoms with Crippen molar-refractivity contribution in [2.45, 2.75) is 69.4 Å². The van der Waals surface area contributed by atoms with Crippen LogP contribution in [0, 0.1) is 5.92 Å². The van der Waals surface area contributed by atoms with Gasteiger partial charge in [0.1, 0.15) is 17.5 Å². The normalized spacial score (nSPS) is 32.8. The Morgan fingerprint density at radius 2 is 1.90 bits per heavy atom. The molecule has 7 nitrogen and oxygen atoms in total. The van der Waals surface area contributed by atoms with E-state index >= 15 is 0 Å². The number of hydrogen-bond donors (Lipinski definition) is 3. The Morgan fingerprint density at radius 1 is 1.23 bits per heavy atom. The zero-order chi connectivity index (χ0) is 22.9. The van der Waals surface area contributed by atoms with E-state index in [1.54, 1.807) is 0 Å². The van der Waals surface area contributed by atoms with Crippen molar-refractivity contribution in [1.29, 1.82) is 0 Å². The highest BCUT2D eigenvalue weighted by Crippen LogP contribution is 2.60. The number of ketones is 2. The van der Waals surface area contributed by atoms with Crippen molar-refractivity contribution < 1.29 is 34.1 Å². The third-order valence-corrected chi connectivity index (χ3v) is 11.1. The third kappa shape index (κ3) is 3.11. The van der Waals surface area contributed by atoms with Gasteiger partial charge in [-0.25, -0.2) is 0 Å². The number of ether oxygens (including phenoxy) is 1. The fraction of sp³-hybridized carbons (Fsp3) is 0.522. The predicted octanol–water partition coefficient (Wildman–Crippen LogP) is 2.89. The van der Waals surface area contributed by atoms with Gasteiger partial charge in [0.05, 0.1) is 5.56 Å². The molecular formula is C23H28O7Si. The summed E-state index contributed by atoms with van der Waals surface area (Å²) in [5.74, 6) is -2.40. The first kappa shape index (κ1) is 21.9. The van der Waals surface area contributed by atoms with Crippen LogP contribution in [0.1, 0.15) is 60.2 Å². The van der Waals surface area contributed by atoms with Gasteiger partial charge in [-0.2, -0.15) is 0 Å². The number of aromatic hydroxyl groups is 1. The number of Topliss-reactive ketones (excluding diaryl/α,β-unsaturated/α-hetero) is 2. The van der Waals surface area contributed by atoms with Gasteiger partial charge in [-0.1, -0.05) is 19.1 Å². The van der Waals surface area contributed by atoms with Gasteiger partial charge in [-0.15, -0.1) is 0 Å². The molecule has 0 saturated heterocycles. The van der Waals surface area contributed by atoms with Crippen molar-refractivity contribution in [3.63, 3.8) is 0 Å². The van der Waals surface area contributed by atoms with E-state index in [-0.39, 0.29) is 46.6 Å². The minimum Gasteiger partial charge on any atom is -0.507 e. The second-order valence-electron chi connectivity index (χ2n) is 9.93. The lowest BCUT2D eigenvalue weighted by atomic mass is 9.58. The molecule has 166 valence electrons. The molecule has 0 aromatic heterocycles. The lowest BCUT2D eigenvalue weighted by Crippen LogP contribution is -2.62. The van der Waals surface area contributed by atoms with Gasteiger partial charge in [0, 0.05) is 36.0 Å². The number of phenols is 1. The fourth-order valence-electron chi connectivity index (χ4n) is 5.60. The Labute approximate surface area is 181 Å². The van der Waals surface area contributed by atoms with Crippen LogP contribution in [0.25, 0.3) is 0 Å². The molecule has 1 fully saturated rings. The van der Waals surface area contributed by atoms with Crippen molar-refractivity contribution in [3.05, 3.63) is 40.5 Å². The molecule has 0 radical (unpaired) electrons. The monoisotopic (exact) mass is 444 g/mol. The highest BCUT2D eigenvalue weighted by Gasteiger charge is 2.62. The summed E-state index contributed by atoms with van der Waals surface area (Å²) in [6.45, 7) is 6.81. The molecule has 0 aliphatic heterocycles. The van der Waals surface area contributed by atoms with Crippen molar-refractivity contribution in [3.8, 4) is 5.75 Å². The number of phenolic OH excluding ortho intramolecular Hbond substituents is 1. The number of benzene rings is 1. The Bertz CT molecular complexity index is 1040. The number of aliphatic hydroxyl groups is 1. The third-order valence-electron chi connectivity index (χ3n) is 7.70. The summed E-state index contributed by atoms with van der Waals surface area (Å²) in [5, 5.41) is 21.6. The summed E-state index contributed by atoms with van der Waals surface area (Å²) in [6.07, 6.45) is 0.00290. The minimum atomic E-state index is -2.71. The molecule has 0 unspecified atom stereocenters. The van der Waals surface area contributed by atoms with E-state index in [4.69, 9.17) is 4.74 Å². The van der Waals surface area contributed by atoms with E-state index in [0.29, 0.717) is 12.8 Å². The van der Waals surface area contributed by atoms with E-state index < -0.39 is 42.7 Å². The molecule has 8 heteroatoms. The molecule has 0 heterocycles. The van der Waals surface area contributed by atoms with Gasteiger partial charge in [-0.05, 0) is 43.5 Å². The Morgan fingerprint density at radius 3 is 2.52 bits per heavy atom. The first-order valence-corrected chi connectivity index (χ1v) is 13.5. The maximum absolute atomic E-state index is 13.5. The van der Waals surface area contributed by atoms with Crippen molar-refractivity contribution in [2.24, 2.45) is 5.92 Å². The van der Waals surface area contributed by atoms with E-state index in [1.165, 1.54) is 25.1 Å². The topological polar surface area (TPSA) is 121 Å². The van der Waals surface area contributed by atoms with Crippen molar-refractivity contribution >= 4 is 25.9 Å². The summed E-state index contributed by atoms with van der Waals surface area (Å²) < 4.78 is 5.51. The summed E-state index contributed by atoms with van der Waals surface area (Å²) in [4.78, 5) is 49.5. The van der Waals surface area contributed by atoms with Gasteiger partial charge < -0.3 is 19.7 Å². The Hall–Kier alpha value is -2.29. The molecule has 4 rings (SSSR count). The van der Waals surface area contributed by atoms with Gasteiger partial charge in [-0.3, -0.25) is 14.4 Å². The van der Waals surface area contributed by atoms with Gasteiger partial charge in [0.25, 0.3) is 0 Å². The molecule has 0 amide bonds. The van der Waals surface area contributed by atoms with E-state index in [9.17, 15) is 29.4 Å². The zero-order valence-electron chi connectivity index (χ0n) is 18.2. The quantitative estimate of drug-likeness (QED) is 0.474. The molecule has 4 atom stereocenters. The highest BCUT2D eigenvalue weighted by atomic mass is 28.4. The molecule has 0 spiro atoms. The smallest absolute Gasteiger partial charge is 0.303 e. The van der Waals surface area contributed by atoms with Crippen LogP contribution >= 0.6 is 0 Å². The predicted molar refractivity (Wildman–Crippen MR) is 114 cm³/mol. The lowest BCUT2D eigenvalue weighted by Gasteiger charge is -2.56. The van der Waals surface area contributed by atoms with Crippen LogP contribution in [0.5, 0.6) is 5.75 Å². The molecular weight excluding hydrogens is 416 g/mol. The number of fused-ring (bicyclic) bond motifs is 3. The van der Waals surface area contributed by atoms with E-state index in [0.717, 1.165) is 0 Å². The van der Waals surface area contributed by atoms with Crippen molar-refractivity contribution in [1.82, 2.24) is 0 Å². The van der Waals surface area contributed by atoms with Crippen LogP contribution in [0.15, 0.2) is 29.3 Å². The van der Waals surface area contributed by atoms with Crippen LogP contribution in [0.2, 0.25) is 18.1 Å². The van der Waals surface area contributed by atoms with Gasteiger partial charge in [0.15, 0.2) is 19.9 Å². The second kappa shape index (κ2) is 6.85. The number of carbonyl (C=O) groups is 3. The molecule has 3 N–H and O–H groups in total. The molecule has 0 bridgehead atoms. The SMILES string of the molecule is CC(=O)O[C@H]1CC2=C(C(=O)c3cccc(O)c3C2=O)[C@@H]2CC[C@](C)([Si](C)(C)O)C[C@]12O. The molecule has 1 saturated carbocycles. The molecule has 3 aliphatic rings. The first-order chi connectivity index (χ1) is 14.3. The number of rotatable bonds is 2. The zero-order valence-corrected chi connectivity index (χ0v) is 19.2. The second-order valence-corrected chi connectivity index (χ2v) is 14.3. The first-order valence-electron chi connectivity index (χ1n) is 10.6. The van der Waals surface area contributed by atoms with Crippen LogP contribution in [-0.2, 0) is 9.53 Å². The Balaban J connectivity index is 1.88. The number of esters is 1. The van der Waals surface area contributed by atoms with Crippen molar-refractivity contribution in [2.75, 3.05) is 0 Å². The van der Waals surface area contributed by atoms with Gasteiger partial charge in [0.2, 0.25) is 0 Å². The number of carbonyl (C=O) groups excluding carboxylic acids is 3. The molecule has 31 heavy (non-hydrogen) atoms. The summed E-state index contributed by atoms with van der Waals surface area (Å²) in [6, 6.07) is 4.38. The average Bonchev–Trinajstić information content (AvgIpc) is 2.64. The van der Waals surface area contributed by atoms with Crippen LogP contribution in [0.4, 0.5) is 0 Å². The molecule has 1 aromatic carbocycles. The molecule has 1 aromatic rings. The number of hydrogen-bond acceptors (Lipinski definition) is 7. The Kier molecular flexibility index (Phi) is 4.84. The van der Waals surface area contributed by atoms with E-state index in [1.807, 2.05) is 20.0 Å². The van der Waals surface area contributed by atoms with Crippen LogP contribution in [-0.4, -0.2) is 52.6 Å². The lowest BCUT2D eigenvalue weighted by molar-refractivity contribution is -0.179. The van der Waals surface area contributed by atoms with Gasteiger partial charge >= 0.3 is 5.97 Å².